The van der Waals surface area contributed by atoms with E-state index in [-0.39, 0.29) is 18.0 Å². The maximum absolute atomic E-state index is 11.5. The first-order valence-corrected chi connectivity index (χ1v) is 7.94. The van der Waals surface area contributed by atoms with Crippen LogP contribution in [-0.4, -0.2) is 19.9 Å². The number of nitro benzene ring substituents is 1. The molecule has 0 unspecified atom stereocenters. The number of hydrogen-bond acceptors (Lipinski definition) is 5. The van der Waals surface area contributed by atoms with Crippen molar-refractivity contribution in [1.82, 2.24) is 0 Å². The first kappa shape index (κ1) is 16.5. The summed E-state index contributed by atoms with van der Waals surface area (Å²) in [6.45, 7) is 7.25. The van der Waals surface area contributed by atoms with Crippen LogP contribution in [0.2, 0.25) is 0 Å². The number of ether oxygens (including phenoxy) is 1. The third kappa shape index (κ3) is 4.21. The van der Waals surface area contributed by atoms with E-state index in [2.05, 4.69) is 6.58 Å². The molecule has 0 radical (unpaired) electrons. The summed E-state index contributed by atoms with van der Waals surface area (Å²) >= 11 is 0. The molecule has 0 spiro atoms. The number of non-ortho nitro benzene ring substituents is 1. The van der Waals surface area contributed by atoms with Crippen molar-refractivity contribution < 1.29 is 18.1 Å². The van der Waals surface area contributed by atoms with Crippen molar-refractivity contribution in [2.45, 2.75) is 25.2 Å². The van der Waals surface area contributed by atoms with Gasteiger partial charge in [0.2, 0.25) is 0 Å². The van der Waals surface area contributed by atoms with Gasteiger partial charge in [-0.05, 0) is 19.4 Å². The molecule has 0 aliphatic carbocycles. The van der Waals surface area contributed by atoms with Crippen LogP contribution in [0.5, 0.6) is 5.75 Å². The zero-order valence-electron chi connectivity index (χ0n) is 11.1. The SMILES string of the molecule is C=C(C)CCOc1c(C)cc([N+](=O)[O-])cc1S(=O)(=O)Cl. The molecule has 0 aromatic heterocycles. The van der Waals surface area contributed by atoms with E-state index >= 15 is 0 Å². The minimum absolute atomic E-state index is 0.0341. The van der Waals surface area contributed by atoms with Crippen LogP contribution in [0.15, 0.2) is 29.2 Å². The van der Waals surface area contributed by atoms with Crippen LogP contribution < -0.4 is 4.74 Å². The van der Waals surface area contributed by atoms with Gasteiger partial charge in [-0.15, -0.1) is 6.58 Å². The largest absolute Gasteiger partial charge is 0.492 e. The summed E-state index contributed by atoms with van der Waals surface area (Å²) in [5.74, 6) is 0.0341. The number of nitrogens with zero attached hydrogens (tertiary/aromatic N) is 1. The molecule has 1 aromatic rings. The highest BCUT2D eigenvalue weighted by atomic mass is 35.7. The quantitative estimate of drug-likeness (QED) is 0.348. The molecule has 0 saturated carbocycles. The number of rotatable bonds is 6. The summed E-state index contributed by atoms with van der Waals surface area (Å²) in [4.78, 5) is 9.68. The highest BCUT2D eigenvalue weighted by Gasteiger charge is 2.23. The molecule has 1 aromatic carbocycles. The smallest absolute Gasteiger partial charge is 0.271 e. The maximum Gasteiger partial charge on any atom is 0.271 e. The Labute approximate surface area is 121 Å². The minimum Gasteiger partial charge on any atom is -0.492 e. The van der Waals surface area contributed by atoms with Gasteiger partial charge in [-0.2, -0.15) is 0 Å². The Hall–Kier alpha value is -1.60. The third-order valence-electron chi connectivity index (χ3n) is 2.47. The van der Waals surface area contributed by atoms with Crippen molar-refractivity contribution in [2.75, 3.05) is 6.61 Å². The molecule has 110 valence electrons. The van der Waals surface area contributed by atoms with Crippen molar-refractivity contribution in [3.8, 4) is 5.75 Å². The van der Waals surface area contributed by atoms with Crippen LogP contribution in [-0.2, 0) is 9.05 Å². The second-order valence-corrected chi connectivity index (χ2v) is 6.87. The van der Waals surface area contributed by atoms with E-state index in [1.807, 2.05) is 6.92 Å². The van der Waals surface area contributed by atoms with Crippen LogP contribution in [0.3, 0.4) is 0 Å². The highest BCUT2D eigenvalue weighted by molar-refractivity contribution is 8.13. The maximum atomic E-state index is 11.5. The Kier molecular flexibility index (Phi) is 5.13. The fourth-order valence-corrected chi connectivity index (χ4v) is 2.57. The molecule has 8 heteroatoms. The van der Waals surface area contributed by atoms with Crippen LogP contribution >= 0.6 is 10.7 Å². The summed E-state index contributed by atoms with van der Waals surface area (Å²) in [5, 5.41) is 10.8. The first-order chi connectivity index (χ1) is 9.12. The third-order valence-corrected chi connectivity index (χ3v) is 3.80. The molecule has 0 aliphatic heterocycles. The Morgan fingerprint density at radius 3 is 2.55 bits per heavy atom. The van der Waals surface area contributed by atoms with Crippen molar-refractivity contribution >= 4 is 25.4 Å². The second-order valence-electron chi connectivity index (χ2n) is 4.34. The van der Waals surface area contributed by atoms with Crippen molar-refractivity contribution in [3.63, 3.8) is 0 Å². The standard InChI is InChI=1S/C12H14ClNO5S/c1-8(2)4-5-19-12-9(3)6-10(14(15)16)7-11(12)20(13,17)18/h6-7H,1,4-5H2,2-3H3. The molecule has 20 heavy (non-hydrogen) atoms. The fraction of sp³-hybridized carbons (Fsp3) is 0.333. The zero-order chi connectivity index (χ0) is 15.5. The van der Waals surface area contributed by atoms with Gasteiger partial charge in [-0.25, -0.2) is 8.42 Å². The average molecular weight is 320 g/mol. The number of halogens is 1. The molecule has 0 aliphatic rings. The van der Waals surface area contributed by atoms with Gasteiger partial charge in [-0.1, -0.05) is 5.57 Å². The normalized spacial score (nSPS) is 11.2. The lowest BCUT2D eigenvalue weighted by Crippen LogP contribution is -2.05. The molecule has 0 atom stereocenters. The van der Waals surface area contributed by atoms with E-state index in [9.17, 15) is 18.5 Å². The lowest BCUT2D eigenvalue weighted by atomic mass is 10.2. The minimum atomic E-state index is -4.14. The molecular formula is C12H14ClNO5S. The van der Waals surface area contributed by atoms with E-state index in [0.717, 1.165) is 11.6 Å². The lowest BCUT2D eigenvalue weighted by Gasteiger charge is -2.12. The van der Waals surface area contributed by atoms with Crippen LogP contribution in [0.1, 0.15) is 18.9 Å². The summed E-state index contributed by atoms with van der Waals surface area (Å²) in [6, 6.07) is 2.13. The molecule has 1 rings (SSSR count). The molecule has 0 fully saturated rings. The van der Waals surface area contributed by atoms with Gasteiger partial charge < -0.3 is 4.74 Å². The number of nitro groups is 1. The van der Waals surface area contributed by atoms with Crippen molar-refractivity contribution in [3.05, 3.63) is 40.0 Å². The van der Waals surface area contributed by atoms with Gasteiger partial charge in [0, 0.05) is 29.2 Å². The zero-order valence-corrected chi connectivity index (χ0v) is 12.6. The van der Waals surface area contributed by atoms with Gasteiger partial charge in [0.1, 0.15) is 10.6 Å². The number of hydrogen-bond donors (Lipinski definition) is 0. The molecular weight excluding hydrogens is 306 g/mol. The molecule has 0 N–H and O–H groups in total. The lowest BCUT2D eigenvalue weighted by molar-refractivity contribution is -0.385. The summed E-state index contributed by atoms with van der Waals surface area (Å²) in [7, 11) is 1.16. The Morgan fingerprint density at radius 1 is 1.50 bits per heavy atom. The summed E-state index contributed by atoms with van der Waals surface area (Å²) < 4.78 is 28.4. The molecule has 0 bridgehead atoms. The van der Waals surface area contributed by atoms with E-state index < -0.39 is 18.9 Å². The molecule has 0 amide bonds. The predicted molar refractivity (Wildman–Crippen MR) is 75.8 cm³/mol. The van der Waals surface area contributed by atoms with Gasteiger partial charge >= 0.3 is 0 Å². The van der Waals surface area contributed by atoms with Crippen molar-refractivity contribution in [2.24, 2.45) is 0 Å². The molecule has 0 heterocycles. The van der Waals surface area contributed by atoms with Crippen molar-refractivity contribution in [1.29, 1.82) is 0 Å². The van der Waals surface area contributed by atoms with Gasteiger partial charge in [0.05, 0.1) is 11.5 Å². The summed E-state index contributed by atoms with van der Waals surface area (Å²) in [5.41, 5.74) is 0.856. The van der Waals surface area contributed by atoms with E-state index in [1.165, 1.54) is 13.0 Å². The van der Waals surface area contributed by atoms with E-state index in [0.29, 0.717) is 12.0 Å². The summed E-state index contributed by atoms with van der Waals surface area (Å²) in [6.07, 6.45) is 0.540. The predicted octanol–water partition coefficient (Wildman–Crippen LogP) is 3.18. The Bertz CT molecular complexity index is 654. The average Bonchev–Trinajstić information content (AvgIpc) is 2.28. The Balaban J connectivity index is 3.28. The fourth-order valence-electron chi connectivity index (χ4n) is 1.52. The van der Waals surface area contributed by atoms with Gasteiger partial charge in [0.15, 0.2) is 0 Å². The van der Waals surface area contributed by atoms with Crippen LogP contribution in [0, 0.1) is 17.0 Å². The van der Waals surface area contributed by atoms with Gasteiger partial charge in [-0.3, -0.25) is 10.1 Å². The van der Waals surface area contributed by atoms with E-state index in [1.54, 1.807) is 0 Å². The number of benzene rings is 1. The van der Waals surface area contributed by atoms with E-state index in [4.69, 9.17) is 15.4 Å². The topological polar surface area (TPSA) is 86.5 Å². The molecule has 6 nitrogen and oxygen atoms in total. The van der Waals surface area contributed by atoms with Gasteiger partial charge in [0.25, 0.3) is 14.7 Å². The second kappa shape index (κ2) is 6.23. The highest BCUT2D eigenvalue weighted by Crippen LogP contribution is 2.34. The van der Waals surface area contributed by atoms with Crippen LogP contribution in [0.25, 0.3) is 0 Å². The monoisotopic (exact) mass is 319 g/mol. The number of aryl methyl sites for hydroxylation is 1. The first-order valence-electron chi connectivity index (χ1n) is 5.64. The van der Waals surface area contributed by atoms with Crippen LogP contribution in [0.4, 0.5) is 5.69 Å². The molecule has 0 saturated heterocycles. The Morgan fingerprint density at radius 2 is 2.10 bits per heavy atom.